The normalized spacial score (nSPS) is 24.9. The number of aromatic nitrogens is 2. The van der Waals surface area contributed by atoms with E-state index in [9.17, 15) is 14.7 Å². The molecule has 1 aromatic rings. The zero-order chi connectivity index (χ0) is 15.1. The first-order valence-corrected chi connectivity index (χ1v) is 6.75. The minimum atomic E-state index is -0.983. The number of nitriles is 1. The van der Waals surface area contributed by atoms with E-state index >= 15 is 0 Å². The summed E-state index contributed by atoms with van der Waals surface area (Å²) in [7, 11) is 0. The van der Waals surface area contributed by atoms with Crippen molar-refractivity contribution >= 4 is 17.7 Å². The van der Waals surface area contributed by atoms with E-state index in [1.54, 1.807) is 15.8 Å². The van der Waals surface area contributed by atoms with Crippen LogP contribution in [0.4, 0.5) is 10.5 Å². The van der Waals surface area contributed by atoms with E-state index in [0.29, 0.717) is 24.5 Å². The van der Waals surface area contributed by atoms with E-state index in [1.165, 1.54) is 4.90 Å². The molecular formula is C13H15N5O3. The summed E-state index contributed by atoms with van der Waals surface area (Å²) in [5.41, 5.74) is 1.33. The highest BCUT2D eigenvalue weighted by Crippen LogP contribution is 2.31. The van der Waals surface area contributed by atoms with Crippen LogP contribution in [0, 0.1) is 17.2 Å². The Morgan fingerprint density at radius 1 is 1.52 bits per heavy atom. The van der Waals surface area contributed by atoms with Gasteiger partial charge in [-0.3, -0.25) is 14.4 Å². The molecule has 2 aliphatic rings. The van der Waals surface area contributed by atoms with Gasteiger partial charge in [-0.1, -0.05) is 0 Å². The van der Waals surface area contributed by atoms with Crippen molar-refractivity contribution in [1.82, 2.24) is 14.7 Å². The smallest absolute Gasteiger partial charge is 0.407 e. The van der Waals surface area contributed by atoms with Crippen LogP contribution in [0.5, 0.6) is 0 Å². The first-order valence-electron chi connectivity index (χ1n) is 6.75. The van der Waals surface area contributed by atoms with Crippen LogP contribution in [-0.4, -0.2) is 44.4 Å². The summed E-state index contributed by atoms with van der Waals surface area (Å²) in [6.07, 6.45) is 0.814. The number of carbonyl (C=O) groups excluding carboxylic acids is 1. The van der Waals surface area contributed by atoms with Crippen molar-refractivity contribution in [1.29, 1.82) is 5.26 Å². The van der Waals surface area contributed by atoms with Crippen molar-refractivity contribution in [3.8, 4) is 6.07 Å². The van der Waals surface area contributed by atoms with Gasteiger partial charge in [0.15, 0.2) is 0 Å². The molecule has 8 nitrogen and oxygen atoms in total. The number of hydrogen-bond donors (Lipinski definition) is 1. The number of hydrogen-bond acceptors (Lipinski definition) is 4. The molecule has 0 spiro atoms. The number of nitrogens with zero attached hydrogens (tertiary/aromatic N) is 5. The van der Waals surface area contributed by atoms with Crippen molar-refractivity contribution in [2.45, 2.75) is 32.5 Å². The topological polar surface area (TPSA) is 102 Å². The Bertz CT molecular complexity index is 647. The summed E-state index contributed by atoms with van der Waals surface area (Å²) in [5.74, 6) is -0.427. The Morgan fingerprint density at radius 3 is 2.90 bits per heavy atom. The van der Waals surface area contributed by atoms with Crippen molar-refractivity contribution in [3.05, 3.63) is 11.9 Å². The monoisotopic (exact) mass is 289 g/mol. The van der Waals surface area contributed by atoms with Crippen LogP contribution in [0.25, 0.3) is 0 Å². The lowest BCUT2D eigenvalue weighted by atomic mass is 10.1. The van der Waals surface area contributed by atoms with Gasteiger partial charge in [0.25, 0.3) is 0 Å². The highest BCUT2D eigenvalue weighted by Gasteiger charge is 2.36. The molecule has 110 valence electrons. The third-order valence-electron chi connectivity index (χ3n) is 4.06. The summed E-state index contributed by atoms with van der Waals surface area (Å²) in [5, 5.41) is 22.4. The Labute approximate surface area is 121 Å². The molecule has 1 N–H and O–H groups in total. The number of anilines is 1. The molecule has 2 aliphatic heterocycles. The number of carbonyl (C=O) groups is 2. The summed E-state index contributed by atoms with van der Waals surface area (Å²) in [6.45, 7) is 2.83. The van der Waals surface area contributed by atoms with Gasteiger partial charge in [-0.15, -0.1) is 0 Å². The van der Waals surface area contributed by atoms with E-state index < -0.39 is 6.09 Å². The summed E-state index contributed by atoms with van der Waals surface area (Å²) in [4.78, 5) is 26.2. The Morgan fingerprint density at radius 2 is 2.29 bits per heavy atom. The average Bonchev–Trinajstić information content (AvgIpc) is 3.00. The lowest BCUT2D eigenvalue weighted by Gasteiger charge is -2.32. The third kappa shape index (κ3) is 2.11. The molecule has 3 rings (SSSR count). The molecule has 3 heterocycles. The molecule has 0 unspecified atom stereocenters. The fraction of sp³-hybridized carbons (Fsp3) is 0.538. The second-order valence-electron chi connectivity index (χ2n) is 5.45. The van der Waals surface area contributed by atoms with Crippen molar-refractivity contribution in [3.63, 3.8) is 0 Å². The van der Waals surface area contributed by atoms with Crippen molar-refractivity contribution in [2.24, 2.45) is 5.92 Å². The van der Waals surface area contributed by atoms with Gasteiger partial charge in [-0.2, -0.15) is 10.4 Å². The zero-order valence-electron chi connectivity index (χ0n) is 11.6. The van der Waals surface area contributed by atoms with Gasteiger partial charge in [0, 0.05) is 13.0 Å². The predicted octanol–water partition coefficient (Wildman–Crippen LogP) is 0.642. The molecule has 0 saturated carbocycles. The number of fused-ring (bicyclic) bond motifs is 1. The number of rotatable bonds is 1. The Hall–Kier alpha value is -2.56. The summed E-state index contributed by atoms with van der Waals surface area (Å²) >= 11 is 0. The maximum atomic E-state index is 12.0. The largest absolute Gasteiger partial charge is 0.465 e. The van der Waals surface area contributed by atoms with E-state index in [0.717, 1.165) is 0 Å². The molecule has 0 aliphatic carbocycles. The van der Waals surface area contributed by atoms with Gasteiger partial charge < -0.3 is 10.0 Å². The fourth-order valence-corrected chi connectivity index (χ4v) is 2.90. The molecule has 0 bridgehead atoms. The molecule has 0 aromatic carbocycles. The van der Waals surface area contributed by atoms with E-state index in [-0.39, 0.29) is 30.8 Å². The first-order chi connectivity index (χ1) is 10.0. The van der Waals surface area contributed by atoms with Crippen LogP contribution in [0.15, 0.2) is 6.20 Å². The van der Waals surface area contributed by atoms with Crippen molar-refractivity contribution in [2.75, 3.05) is 11.4 Å². The number of carboxylic acid groups (broad SMARTS) is 1. The van der Waals surface area contributed by atoms with Gasteiger partial charge in [0.1, 0.15) is 0 Å². The fourth-order valence-electron chi connectivity index (χ4n) is 2.90. The first kappa shape index (κ1) is 13.4. The minimum absolute atomic E-state index is 0.113. The van der Waals surface area contributed by atoms with Crippen LogP contribution < -0.4 is 4.90 Å². The highest BCUT2D eigenvalue weighted by atomic mass is 16.4. The SMILES string of the molecule is C[C@H]1Cn2ncc(N3C[C@@H](C#N)CC3=O)c2CN1C(=O)O. The van der Waals surface area contributed by atoms with Crippen LogP contribution in [-0.2, 0) is 17.9 Å². The molecule has 2 atom stereocenters. The average molecular weight is 289 g/mol. The molecule has 8 heteroatoms. The maximum Gasteiger partial charge on any atom is 0.407 e. The van der Waals surface area contributed by atoms with E-state index in [4.69, 9.17) is 5.26 Å². The second kappa shape index (κ2) is 4.77. The van der Waals surface area contributed by atoms with Crippen LogP contribution in [0.1, 0.15) is 19.0 Å². The summed E-state index contributed by atoms with van der Waals surface area (Å²) < 4.78 is 1.74. The van der Waals surface area contributed by atoms with Gasteiger partial charge >= 0.3 is 6.09 Å². The molecule has 1 aromatic heterocycles. The van der Waals surface area contributed by atoms with Gasteiger partial charge in [-0.05, 0) is 6.92 Å². The van der Waals surface area contributed by atoms with Gasteiger partial charge in [0.05, 0.1) is 48.7 Å². The molecule has 21 heavy (non-hydrogen) atoms. The van der Waals surface area contributed by atoms with E-state index in [1.807, 2.05) is 6.92 Å². The van der Waals surface area contributed by atoms with Crippen molar-refractivity contribution < 1.29 is 14.7 Å². The molecule has 0 radical (unpaired) electrons. The second-order valence-corrected chi connectivity index (χ2v) is 5.45. The van der Waals surface area contributed by atoms with Crippen LogP contribution >= 0.6 is 0 Å². The lowest BCUT2D eigenvalue weighted by molar-refractivity contribution is -0.117. The molecule has 2 amide bonds. The molecule has 1 fully saturated rings. The Kier molecular flexibility index (Phi) is 3.05. The summed E-state index contributed by atoms with van der Waals surface area (Å²) in [6, 6.07) is 1.94. The molecule has 1 saturated heterocycles. The maximum absolute atomic E-state index is 12.0. The zero-order valence-corrected chi connectivity index (χ0v) is 11.6. The highest BCUT2D eigenvalue weighted by molar-refractivity contribution is 5.96. The Balaban J connectivity index is 1.92. The van der Waals surface area contributed by atoms with Gasteiger partial charge in [-0.25, -0.2) is 4.79 Å². The third-order valence-corrected chi connectivity index (χ3v) is 4.06. The van der Waals surface area contributed by atoms with Gasteiger partial charge in [0.2, 0.25) is 5.91 Å². The van der Waals surface area contributed by atoms with E-state index in [2.05, 4.69) is 11.2 Å². The predicted molar refractivity (Wildman–Crippen MR) is 71.3 cm³/mol. The van der Waals surface area contributed by atoms with Crippen LogP contribution in [0.3, 0.4) is 0 Å². The van der Waals surface area contributed by atoms with Crippen LogP contribution in [0.2, 0.25) is 0 Å². The quantitative estimate of drug-likeness (QED) is 0.817. The molecular weight excluding hydrogens is 274 g/mol. The standard InChI is InChI=1S/C13H15N5O3/c1-8-5-18-11(7-16(8)13(20)21)10(4-15-18)17-6-9(3-14)2-12(17)19/h4,8-9H,2,5-7H2,1H3,(H,20,21)/t8-,9+/m0/s1. The lowest BCUT2D eigenvalue weighted by Crippen LogP contribution is -2.44. The minimum Gasteiger partial charge on any atom is -0.465 e. The number of amides is 2.